The lowest BCUT2D eigenvalue weighted by molar-refractivity contribution is 0.211. The van der Waals surface area contributed by atoms with E-state index < -0.39 is 7.49 Å². The van der Waals surface area contributed by atoms with Crippen LogP contribution in [0, 0.1) is 0 Å². The van der Waals surface area contributed by atoms with Crippen LogP contribution in [0.15, 0.2) is 0 Å². The van der Waals surface area contributed by atoms with Crippen LogP contribution in [0.5, 0.6) is 0 Å². The van der Waals surface area contributed by atoms with Crippen molar-refractivity contribution in [2.24, 2.45) is 0 Å². The van der Waals surface area contributed by atoms with Crippen molar-refractivity contribution in [3.05, 3.63) is 0 Å². The Labute approximate surface area is 51.3 Å². The van der Waals surface area contributed by atoms with Crippen LogP contribution in [0.2, 0.25) is 0 Å². The summed E-state index contributed by atoms with van der Waals surface area (Å²) in [6.45, 7) is 6.84. The zero-order valence-electron chi connectivity index (χ0n) is 5.72. The van der Waals surface area contributed by atoms with Gasteiger partial charge in [0, 0.05) is 0 Å². The van der Waals surface area contributed by atoms with Crippen LogP contribution in [0.1, 0.15) is 0 Å². The van der Waals surface area contributed by atoms with E-state index in [1.807, 2.05) is 0 Å². The second-order valence-corrected chi connectivity index (χ2v) is 6.48. The molecule has 50 valence electrons. The van der Waals surface area contributed by atoms with E-state index in [1.165, 1.54) is 0 Å². The van der Waals surface area contributed by atoms with E-state index in [0.717, 1.165) is 0 Å². The number of aliphatic hydroxyl groups excluding tert-OH is 1. The van der Waals surface area contributed by atoms with E-state index in [2.05, 4.69) is 20.0 Å². The monoisotopic (exact) mass is 137 g/mol. The minimum Gasteiger partial charge on any atom is -0.394 e. The van der Waals surface area contributed by atoms with Crippen molar-refractivity contribution in [2.45, 2.75) is 0 Å². The van der Waals surface area contributed by atoms with Crippen molar-refractivity contribution in [3.63, 3.8) is 0 Å². The van der Waals surface area contributed by atoms with Crippen molar-refractivity contribution in [2.75, 3.05) is 33.2 Å². The van der Waals surface area contributed by atoms with Crippen molar-refractivity contribution >= 4 is 7.49 Å². The standard InChI is InChI=1S/C5H14O2P/c1-8(2,3)7-5-4-6/h6H,4-5H2,1-3H3/q+1. The summed E-state index contributed by atoms with van der Waals surface area (Å²) in [7, 11) is -1.09. The molecule has 1 N–H and O–H groups in total. The lowest BCUT2D eigenvalue weighted by atomic mass is 10.8. The van der Waals surface area contributed by atoms with Gasteiger partial charge in [0.25, 0.3) is 0 Å². The first-order chi connectivity index (χ1) is 3.56. The molecular formula is C5H14O2P+. The molecule has 0 aliphatic heterocycles. The number of hydrogen-bond acceptors (Lipinski definition) is 2. The molecule has 0 aromatic heterocycles. The van der Waals surface area contributed by atoms with Gasteiger partial charge in [-0.3, -0.25) is 0 Å². The van der Waals surface area contributed by atoms with Crippen molar-refractivity contribution in [1.29, 1.82) is 0 Å². The highest BCUT2D eigenvalue weighted by atomic mass is 31.2. The van der Waals surface area contributed by atoms with Crippen molar-refractivity contribution < 1.29 is 9.63 Å². The number of rotatable bonds is 3. The van der Waals surface area contributed by atoms with Crippen LogP contribution in [-0.4, -0.2) is 38.3 Å². The maximum absolute atomic E-state index is 8.32. The zero-order valence-corrected chi connectivity index (χ0v) is 6.61. The third-order valence-electron chi connectivity index (χ3n) is 0.570. The average molecular weight is 137 g/mol. The molecule has 0 atom stereocenters. The van der Waals surface area contributed by atoms with Gasteiger partial charge >= 0.3 is 0 Å². The fraction of sp³-hybridized carbons (Fsp3) is 1.00. The van der Waals surface area contributed by atoms with Crippen LogP contribution < -0.4 is 0 Å². The first-order valence-corrected chi connectivity index (χ1v) is 5.68. The molecule has 0 aliphatic rings. The summed E-state index contributed by atoms with van der Waals surface area (Å²) in [5.74, 6) is 0. The molecule has 0 saturated heterocycles. The van der Waals surface area contributed by atoms with Gasteiger partial charge in [-0.1, -0.05) is 0 Å². The molecule has 0 spiro atoms. The summed E-state index contributed by atoms with van der Waals surface area (Å²) >= 11 is 0. The van der Waals surface area contributed by atoms with E-state index >= 15 is 0 Å². The SMILES string of the molecule is C[P+](C)(C)OCCO. The second kappa shape index (κ2) is 3.39. The van der Waals surface area contributed by atoms with E-state index in [1.54, 1.807) is 0 Å². The van der Waals surface area contributed by atoms with E-state index in [-0.39, 0.29) is 6.61 Å². The molecule has 8 heavy (non-hydrogen) atoms. The Hall–Kier alpha value is 0.350. The van der Waals surface area contributed by atoms with E-state index in [9.17, 15) is 0 Å². The van der Waals surface area contributed by atoms with Crippen LogP contribution >= 0.6 is 7.49 Å². The molecule has 0 aromatic carbocycles. The molecule has 0 aromatic rings. The summed E-state index contributed by atoms with van der Waals surface area (Å²) in [5, 5.41) is 8.32. The maximum Gasteiger partial charge on any atom is 0.136 e. The molecule has 0 radical (unpaired) electrons. The van der Waals surface area contributed by atoms with Crippen LogP contribution in [0.25, 0.3) is 0 Å². The Balaban J connectivity index is 3.11. The van der Waals surface area contributed by atoms with Gasteiger partial charge in [-0.05, 0) is 0 Å². The minimum absolute atomic E-state index is 0.136. The third kappa shape index (κ3) is 6.35. The predicted molar refractivity (Wildman–Crippen MR) is 37.7 cm³/mol. The van der Waals surface area contributed by atoms with Crippen LogP contribution in [-0.2, 0) is 4.52 Å². The molecule has 0 heterocycles. The molecule has 0 aliphatic carbocycles. The second-order valence-electron chi connectivity index (χ2n) is 2.45. The molecule has 0 saturated carbocycles. The third-order valence-corrected chi connectivity index (χ3v) is 1.53. The Morgan fingerprint density at radius 2 is 1.88 bits per heavy atom. The highest BCUT2D eigenvalue weighted by molar-refractivity contribution is 7.69. The lowest BCUT2D eigenvalue weighted by Gasteiger charge is -2.08. The summed E-state index contributed by atoms with van der Waals surface area (Å²) < 4.78 is 5.24. The summed E-state index contributed by atoms with van der Waals surface area (Å²) in [4.78, 5) is 0. The highest BCUT2D eigenvalue weighted by Gasteiger charge is 2.16. The van der Waals surface area contributed by atoms with Gasteiger partial charge < -0.3 is 5.11 Å². The summed E-state index contributed by atoms with van der Waals surface area (Å²) in [5.41, 5.74) is 0. The summed E-state index contributed by atoms with van der Waals surface area (Å²) in [6.07, 6.45) is 0. The number of aliphatic hydroxyl groups is 1. The Morgan fingerprint density at radius 1 is 1.38 bits per heavy atom. The van der Waals surface area contributed by atoms with Crippen molar-refractivity contribution in [1.82, 2.24) is 0 Å². The fourth-order valence-electron chi connectivity index (χ4n) is 0.315. The van der Waals surface area contributed by atoms with E-state index in [0.29, 0.717) is 6.61 Å². The summed E-state index contributed by atoms with van der Waals surface area (Å²) in [6, 6.07) is 0. The molecule has 3 heteroatoms. The van der Waals surface area contributed by atoms with Crippen LogP contribution in [0.3, 0.4) is 0 Å². The molecular weight excluding hydrogens is 123 g/mol. The zero-order chi connectivity index (χ0) is 6.62. The van der Waals surface area contributed by atoms with Gasteiger partial charge in [0.05, 0.1) is 26.6 Å². The molecule has 0 amide bonds. The molecule has 2 nitrogen and oxygen atoms in total. The van der Waals surface area contributed by atoms with Gasteiger partial charge in [-0.2, -0.15) is 0 Å². The largest absolute Gasteiger partial charge is 0.394 e. The van der Waals surface area contributed by atoms with Gasteiger partial charge in [-0.15, -0.1) is 0 Å². The fourth-order valence-corrected chi connectivity index (χ4v) is 0.944. The van der Waals surface area contributed by atoms with Crippen molar-refractivity contribution in [3.8, 4) is 0 Å². The lowest BCUT2D eigenvalue weighted by Crippen LogP contribution is -1.98. The Kier molecular flexibility index (Phi) is 3.54. The minimum atomic E-state index is -1.09. The average Bonchev–Trinajstić information content (AvgIpc) is 1.59. The molecule has 0 fully saturated rings. The quantitative estimate of drug-likeness (QED) is 0.583. The van der Waals surface area contributed by atoms with Gasteiger partial charge in [0.1, 0.15) is 14.1 Å². The first kappa shape index (κ1) is 8.35. The smallest absolute Gasteiger partial charge is 0.136 e. The Bertz CT molecular complexity index is 57.9. The molecule has 0 unspecified atom stereocenters. The van der Waals surface area contributed by atoms with Gasteiger partial charge in [0.2, 0.25) is 0 Å². The first-order valence-electron chi connectivity index (χ1n) is 2.63. The van der Waals surface area contributed by atoms with Gasteiger partial charge in [-0.25, -0.2) is 4.52 Å². The topological polar surface area (TPSA) is 29.5 Å². The normalized spacial score (nSPS) is 12.0. The van der Waals surface area contributed by atoms with Crippen LogP contribution in [0.4, 0.5) is 0 Å². The van der Waals surface area contributed by atoms with Gasteiger partial charge in [0.15, 0.2) is 0 Å². The number of hydrogen-bond donors (Lipinski definition) is 1. The highest BCUT2D eigenvalue weighted by Crippen LogP contribution is 2.47. The Morgan fingerprint density at radius 3 is 2.00 bits per heavy atom. The molecule has 0 bridgehead atoms. The predicted octanol–water partition coefficient (Wildman–Crippen LogP) is 0.817. The molecule has 0 rings (SSSR count). The maximum atomic E-state index is 8.32. The van der Waals surface area contributed by atoms with E-state index in [4.69, 9.17) is 9.63 Å².